The van der Waals surface area contributed by atoms with Gasteiger partial charge in [0.25, 0.3) is 5.91 Å². The molecule has 1 heterocycles. The number of nitrogens with zero attached hydrogens (tertiary/aromatic N) is 1. The molecule has 0 unspecified atom stereocenters. The molecule has 7 heteroatoms. The van der Waals surface area contributed by atoms with E-state index in [1.165, 1.54) is 6.07 Å². The summed E-state index contributed by atoms with van der Waals surface area (Å²) in [5.74, 6) is -0.739. The molecule has 1 aromatic heterocycles. The van der Waals surface area contributed by atoms with E-state index >= 15 is 0 Å². The summed E-state index contributed by atoms with van der Waals surface area (Å²) in [6, 6.07) is 2.29. The lowest BCUT2D eigenvalue weighted by Gasteiger charge is -2.29. The first-order chi connectivity index (χ1) is 9.91. The molecule has 1 amide bonds. The summed E-state index contributed by atoms with van der Waals surface area (Å²) in [6.07, 6.45) is -0.431. The second-order valence-corrected chi connectivity index (χ2v) is 5.09. The lowest BCUT2D eigenvalue weighted by molar-refractivity contribution is -0.141. The van der Waals surface area contributed by atoms with Crippen molar-refractivity contribution in [2.24, 2.45) is 0 Å². The largest absolute Gasteiger partial charge is 0.434 e. The molecule has 116 valence electrons. The van der Waals surface area contributed by atoms with Crippen LogP contribution in [0.1, 0.15) is 41.7 Å². The van der Waals surface area contributed by atoms with Crippen LogP contribution in [0.25, 0.3) is 0 Å². The van der Waals surface area contributed by atoms with E-state index in [1.54, 1.807) is 7.11 Å². The van der Waals surface area contributed by atoms with Crippen LogP contribution in [0.2, 0.25) is 0 Å². The molecule has 1 aliphatic carbocycles. The molecule has 1 N–H and O–H groups in total. The average Bonchev–Trinajstić information content (AvgIpc) is 2.46. The van der Waals surface area contributed by atoms with Crippen LogP contribution in [0.5, 0.6) is 0 Å². The Morgan fingerprint density at radius 1 is 1.43 bits per heavy atom. The molecule has 4 nitrogen and oxygen atoms in total. The van der Waals surface area contributed by atoms with Crippen LogP contribution in [0.3, 0.4) is 0 Å². The van der Waals surface area contributed by atoms with Crippen LogP contribution in [0.4, 0.5) is 13.2 Å². The number of hydrogen-bond acceptors (Lipinski definition) is 3. The minimum absolute atomic E-state index is 0.0417. The van der Waals surface area contributed by atoms with Crippen LogP contribution in [-0.4, -0.2) is 30.1 Å². The second kappa shape index (κ2) is 6.43. The van der Waals surface area contributed by atoms with E-state index in [2.05, 4.69) is 10.3 Å². The minimum atomic E-state index is -4.64. The van der Waals surface area contributed by atoms with Crippen molar-refractivity contribution in [1.82, 2.24) is 10.3 Å². The van der Waals surface area contributed by atoms with Crippen LogP contribution < -0.4 is 5.32 Å². The van der Waals surface area contributed by atoms with Crippen LogP contribution in [0, 0.1) is 0 Å². The number of carbonyl (C=O) groups is 1. The molecular weight excluding hydrogens is 285 g/mol. The van der Waals surface area contributed by atoms with Gasteiger partial charge in [0.15, 0.2) is 5.69 Å². The van der Waals surface area contributed by atoms with E-state index in [0.717, 1.165) is 31.5 Å². The molecule has 0 radical (unpaired) electrons. The molecule has 1 aromatic rings. The molecule has 1 saturated carbocycles. The summed E-state index contributed by atoms with van der Waals surface area (Å²) >= 11 is 0. The number of carbonyl (C=O) groups excluding carboxylic acids is 1. The van der Waals surface area contributed by atoms with Crippen LogP contribution in [-0.2, 0) is 10.9 Å². The highest BCUT2D eigenvalue weighted by Crippen LogP contribution is 2.30. The van der Waals surface area contributed by atoms with Gasteiger partial charge in [0.05, 0.1) is 11.7 Å². The highest BCUT2D eigenvalue weighted by molar-refractivity contribution is 5.95. The van der Waals surface area contributed by atoms with E-state index in [9.17, 15) is 18.0 Å². The van der Waals surface area contributed by atoms with Crippen molar-refractivity contribution in [2.75, 3.05) is 7.11 Å². The molecule has 0 spiro atoms. The predicted molar refractivity (Wildman–Crippen MR) is 69.8 cm³/mol. The molecule has 0 aliphatic heterocycles. The third kappa shape index (κ3) is 3.93. The summed E-state index contributed by atoms with van der Waals surface area (Å²) < 4.78 is 43.8. The van der Waals surface area contributed by atoms with Crippen molar-refractivity contribution in [1.29, 1.82) is 0 Å². The average molecular weight is 302 g/mol. The smallest absolute Gasteiger partial charge is 0.381 e. The second-order valence-electron chi connectivity index (χ2n) is 5.09. The van der Waals surface area contributed by atoms with E-state index in [-0.39, 0.29) is 12.1 Å². The first kappa shape index (κ1) is 15.8. The van der Waals surface area contributed by atoms with Gasteiger partial charge in [-0.25, -0.2) is 0 Å². The lowest BCUT2D eigenvalue weighted by Crippen LogP contribution is -2.41. The molecule has 2 rings (SSSR count). The molecule has 1 aliphatic rings. The van der Waals surface area contributed by atoms with Gasteiger partial charge in [-0.2, -0.15) is 13.2 Å². The fraction of sp³-hybridized carbons (Fsp3) is 0.571. The topological polar surface area (TPSA) is 51.2 Å². The first-order valence-electron chi connectivity index (χ1n) is 6.77. The molecule has 1 fully saturated rings. The van der Waals surface area contributed by atoms with Gasteiger partial charge in [-0.3, -0.25) is 9.78 Å². The van der Waals surface area contributed by atoms with E-state index < -0.39 is 23.3 Å². The van der Waals surface area contributed by atoms with Crippen LogP contribution in [0.15, 0.2) is 18.3 Å². The Hall–Kier alpha value is -1.63. The Morgan fingerprint density at radius 3 is 2.86 bits per heavy atom. The normalized spacial score (nSPS) is 22.9. The predicted octanol–water partition coefficient (Wildman–Crippen LogP) is 2.79. The van der Waals surface area contributed by atoms with Gasteiger partial charge in [-0.05, 0) is 37.8 Å². The third-order valence-electron chi connectivity index (χ3n) is 3.62. The Bertz CT molecular complexity index is 505. The summed E-state index contributed by atoms with van der Waals surface area (Å²) in [5.41, 5.74) is -1.59. The van der Waals surface area contributed by atoms with Crippen molar-refractivity contribution < 1.29 is 22.7 Å². The summed E-state index contributed by atoms with van der Waals surface area (Å²) in [6.45, 7) is 0. The Morgan fingerprint density at radius 2 is 2.19 bits per heavy atom. The number of amides is 1. The van der Waals surface area contributed by atoms with Gasteiger partial charge < -0.3 is 10.1 Å². The maximum absolute atomic E-state index is 12.8. The van der Waals surface area contributed by atoms with E-state index in [1.807, 2.05) is 0 Å². The van der Waals surface area contributed by atoms with Gasteiger partial charge in [0.2, 0.25) is 0 Å². The molecule has 2 atom stereocenters. The summed E-state index contributed by atoms with van der Waals surface area (Å²) in [5, 5.41) is 2.65. The third-order valence-corrected chi connectivity index (χ3v) is 3.62. The lowest BCUT2D eigenvalue weighted by atomic mass is 9.92. The number of rotatable bonds is 3. The Labute approximate surface area is 120 Å². The summed E-state index contributed by atoms with van der Waals surface area (Å²) in [4.78, 5) is 15.4. The molecule has 0 aromatic carbocycles. The standard InChI is InChI=1S/C14H17F3N2O2/c1-21-10-5-2-4-9(8-10)19-13(20)11-6-3-7-18-12(11)14(15,16)17/h3,6-7,9-10H,2,4-5,8H2,1H3,(H,19,20)/t9-,10+/m0/s1. The maximum Gasteiger partial charge on any atom is 0.434 e. The van der Waals surface area contributed by atoms with Gasteiger partial charge >= 0.3 is 6.18 Å². The van der Waals surface area contributed by atoms with Crippen molar-refractivity contribution in [3.8, 4) is 0 Å². The first-order valence-corrected chi connectivity index (χ1v) is 6.77. The number of alkyl halides is 3. The van der Waals surface area contributed by atoms with Crippen molar-refractivity contribution in [3.05, 3.63) is 29.6 Å². The zero-order valence-electron chi connectivity index (χ0n) is 11.6. The van der Waals surface area contributed by atoms with Crippen molar-refractivity contribution in [3.63, 3.8) is 0 Å². The molecule has 21 heavy (non-hydrogen) atoms. The number of halogens is 3. The van der Waals surface area contributed by atoms with Gasteiger partial charge in [-0.1, -0.05) is 0 Å². The summed E-state index contributed by atoms with van der Waals surface area (Å²) in [7, 11) is 1.59. The molecule has 0 saturated heterocycles. The SMILES string of the molecule is CO[C@@H]1CCC[C@H](NC(=O)c2cccnc2C(F)(F)F)C1. The number of aromatic nitrogens is 1. The highest BCUT2D eigenvalue weighted by Gasteiger charge is 2.37. The van der Waals surface area contributed by atoms with E-state index in [0.29, 0.717) is 6.42 Å². The number of hydrogen-bond donors (Lipinski definition) is 1. The maximum atomic E-state index is 12.8. The van der Waals surface area contributed by atoms with Gasteiger partial charge in [0, 0.05) is 19.3 Å². The number of pyridine rings is 1. The quantitative estimate of drug-likeness (QED) is 0.934. The number of ether oxygens (including phenoxy) is 1. The Kier molecular flexibility index (Phi) is 4.82. The highest BCUT2D eigenvalue weighted by atomic mass is 19.4. The Balaban J connectivity index is 2.10. The zero-order chi connectivity index (χ0) is 15.5. The number of nitrogens with one attached hydrogen (secondary N) is 1. The van der Waals surface area contributed by atoms with Gasteiger partial charge in [-0.15, -0.1) is 0 Å². The fourth-order valence-corrected chi connectivity index (χ4v) is 2.57. The fourth-order valence-electron chi connectivity index (χ4n) is 2.57. The van der Waals surface area contributed by atoms with Crippen molar-refractivity contribution >= 4 is 5.91 Å². The number of methoxy groups -OCH3 is 1. The van der Waals surface area contributed by atoms with Gasteiger partial charge in [0.1, 0.15) is 0 Å². The molecule has 0 bridgehead atoms. The monoisotopic (exact) mass is 302 g/mol. The minimum Gasteiger partial charge on any atom is -0.381 e. The molecular formula is C14H17F3N2O2. The zero-order valence-corrected chi connectivity index (χ0v) is 11.6. The van der Waals surface area contributed by atoms with Crippen LogP contribution >= 0.6 is 0 Å². The van der Waals surface area contributed by atoms with Crippen molar-refractivity contribution in [2.45, 2.75) is 44.0 Å². The van der Waals surface area contributed by atoms with E-state index in [4.69, 9.17) is 4.74 Å².